The van der Waals surface area contributed by atoms with E-state index in [2.05, 4.69) is 10.3 Å². The lowest BCUT2D eigenvalue weighted by Gasteiger charge is -2.04. The lowest BCUT2D eigenvalue weighted by atomic mass is 10.3. The predicted octanol–water partition coefficient (Wildman–Crippen LogP) is 0.662. The SMILES string of the molecule is CCOC(=O)c1ccc(NCCO)nc1. The van der Waals surface area contributed by atoms with Gasteiger partial charge in [0.15, 0.2) is 0 Å². The minimum atomic E-state index is -0.376. The maximum atomic E-state index is 11.2. The van der Waals surface area contributed by atoms with Crippen molar-refractivity contribution in [2.75, 3.05) is 25.1 Å². The number of hydrogen-bond donors (Lipinski definition) is 2. The van der Waals surface area contributed by atoms with Gasteiger partial charge in [0.25, 0.3) is 0 Å². The number of pyridine rings is 1. The number of carbonyl (C=O) groups excluding carboxylic acids is 1. The fourth-order valence-electron chi connectivity index (χ4n) is 1.02. The Balaban J connectivity index is 2.59. The van der Waals surface area contributed by atoms with Crippen molar-refractivity contribution in [1.29, 1.82) is 0 Å². The molecule has 0 aliphatic heterocycles. The van der Waals surface area contributed by atoms with E-state index in [9.17, 15) is 4.79 Å². The summed E-state index contributed by atoms with van der Waals surface area (Å²) < 4.78 is 4.81. The molecule has 0 aliphatic carbocycles. The molecule has 0 saturated carbocycles. The van der Waals surface area contributed by atoms with Gasteiger partial charge in [-0.2, -0.15) is 0 Å². The van der Waals surface area contributed by atoms with Gasteiger partial charge in [-0.25, -0.2) is 9.78 Å². The Bertz CT molecular complexity index is 311. The van der Waals surface area contributed by atoms with E-state index in [-0.39, 0.29) is 12.6 Å². The minimum absolute atomic E-state index is 0.0430. The molecule has 0 atom stereocenters. The molecule has 5 heteroatoms. The van der Waals surface area contributed by atoms with Crippen LogP contribution in [-0.2, 0) is 4.74 Å². The Morgan fingerprint density at radius 2 is 2.40 bits per heavy atom. The van der Waals surface area contributed by atoms with E-state index in [1.54, 1.807) is 19.1 Å². The number of aromatic nitrogens is 1. The Hall–Kier alpha value is -1.62. The molecule has 0 bridgehead atoms. The molecule has 1 aromatic heterocycles. The first-order valence-electron chi connectivity index (χ1n) is 4.75. The number of hydrogen-bond acceptors (Lipinski definition) is 5. The molecule has 1 aromatic rings. The van der Waals surface area contributed by atoms with E-state index >= 15 is 0 Å². The first-order valence-corrected chi connectivity index (χ1v) is 4.75. The van der Waals surface area contributed by atoms with Crippen LogP contribution in [0.1, 0.15) is 17.3 Å². The second-order valence-corrected chi connectivity index (χ2v) is 2.80. The molecule has 0 unspecified atom stereocenters. The Morgan fingerprint density at radius 3 is 2.93 bits per heavy atom. The summed E-state index contributed by atoms with van der Waals surface area (Å²) in [6.45, 7) is 2.58. The van der Waals surface area contributed by atoms with Crippen molar-refractivity contribution in [2.24, 2.45) is 0 Å². The average molecular weight is 210 g/mol. The highest BCUT2D eigenvalue weighted by Gasteiger charge is 2.05. The van der Waals surface area contributed by atoms with E-state index < -0.39 is 0 Å². The summed E-state index contributed by atoms with van der Waals surface area (Å²) in [4.78, 5) is 15.2. The summed E-state index contributed by atoms with van der Waals surface area (Å²) in [6.07, 6.45) is 1.44. The van der Waals surface area contributed by atoms with E-state index in [4.69, 9.17) is 9.84 Å². The molecule has 0 aliphatic rings. The van der Waals surface area contributed by atoms with Crippen LogP contribution in [0.3, 0.4) is 0 Å². The number of rotatable bonds is 5. The monoisotopic (exact) mass is 210 g/mol. The van der Waals surface area contributed by atoms with E-state index in [1.165, 1.54) is 6.20 Å². The Morgan fingerprint density at radius 1 is 1.60 bits per heavy atom. The first kappa shape index (κ1) is 11.5. The van der Waals surface area contributed by atoms with Crippen molar-refractivity contribution in [1.82, 2.24) is 4.98 Å². The van der Waals surface area contributed by atoms with Crippen LogP contribution in [0.4, 0.5) is 5.82 Å². The van der Waals surface area contributed by atoms with Gasteiger partial charge in [0.2, 0.25) is 0 Å². The summed E-state index contributed by atoms with van der Waals surface area (Å²) in [7, 11) is 0. The number of carbonyl (C=O) groups is 1. The fraction of sp³-hybridized carbons (Fsp3) is 0.400. The number of anilines is 1. The summed E-state index contributed by atoms with van der Waals surface area (Å²) in [5, 5.41) is 11.5. The van der Waals surface area contributed by atoms with Crippen LogP contribution in [0.5, 0.6) is 0 Å². The van der Waals surface area contributed by atoms with Gasteiger partial charge >= 0.3 is 5.97 Å². The van der Waals surface area contributed by atoms with Crippen LogP contribution < -0.4 is 5.32 Å². The standard InChI is InChI=1S/C10H14N2O3/c1-2-15-10(14)8-3-4-9(12-7-8)11-5-6-13/h3-4,7,13H,2,5-6H2,1H3,(H,11,12). The van der Waals surface area contributed by atoms with Gasteiger partial charge in [0, 0.05) is 12.7 Å². The molecule has 0 amide bonds. The molecule has 82 valence electrons. The zero-order valence-electron chi connectivity index (χ0n) is 8.56. The van der Waals surface area contributed by atoms with Gasteiger partial charge in [0.05, 0.1) is 18.8 Å². The van der Waals surface area contributed by atoms with Crippen molar-refractivity contribution in [3.05, 3.63) is 23.9 Å². The first-order chi connectivity index (χ1) is 7.27. The molecule has 0 aromatic carbocycles. The maximum Gasteiger partial charge on any atom is 0.339 e. The number of nitrogens with one attached hydrogen (secondary N) is 1. The number of nitrogens with zero attached hydrogens (tertiary/aromatic N) is 1. The topological polar surface area (TPSA) is 71.5 Å². The lowest BCUT2D eigenvalue weighted by Crippen LogP contribution is -2.08. The smallest absolute Gasteiger partial charge is 0.339 e. The number of aliphatic hydroxyl groups excluding tert-OH is 1. The van der Waals surface area contributed by atoms with Crippen molar-refractivity contribution < 1.29 is 14.6 Å². The normalized spacial score (nSPS) is 9.73. The molecule has 0 saturated heterocycles. The zero-order chi connectivity index (χ0) is 11.1. The van der Waals surface area contributed by atoms with Gasteiger partial charge in [-0.05, 0) is 19.1 Å². The van der Waals surface area contributed by atoms with Crippen molar-refractivity contribution in [3.8, 4) is 0 Å². The van der Waals surface area contributed by atoms with Gasteiger partial charge in [0.1, 0.15) is 5.82 Å². The highest BCUT2D eigenvalue weighted by molar-refractivity contribution is 5.89. The number of esters is 1. The summed E-state index contributed by atoms with van der Waals surface area (Å²) in [6, 6.07) is 3.30. The van der Waals surface area contributed by atoms with Gasteiger partial charge in [-0.1, -0.05) is 0 Å². The van der Waals surface area contributed by atoms with E-state index in [0.29, 0.717) is 24.5 Å². The third-order valence-electron chi connectivity index (χ3n) is 1.69. The predicted molar refractivity (Wildman–Crippen MR) is 55.8 cm³/mol. The lowest BCUT2D eigenvalue weighted by molar-refractivity contribution is 0.0526. The number of aliphatic hydroxyl groups is 1. The van der Waals surface area contributed by atoms with Crippen LogP contribution in [0.25, 0.3) is 0 Å². The molecule has 1 rings (SSSR count). The molecule has 0 spiro atoms. The largest absolute Gasteiger partial charge is 0.462 e. The summed E-state index contributed by atoms with van der Waals surface area (Å²) in [5.41, 5.74) is 0.423. The average Bonchev–Trinajstić information content (AvgIpc) is 2.27. The van der Waals surface area contributed by atoms with Crippen LogP contribution in [-0.4, -0.2) is 35.8 Å². The maximum absolute atomic E-state index is 11.2. The second kappa shape index (κ2) is 5.98. The van der Waals surface area contributed by atoms with Crippen LogP contribution in [0.2, 0.25) is 0 Å². The minimum Gasteiger partial charge on any atom is -0.462 e. The third-order valence-corrected chi connectivity index (χ3v) is 1.69. The van der Waals surface area contributed by atoms with Crippen LogP contribution in [0, 0.1) is 0 Å². The summed E-state index contributed by atoms with van der Waals surface area (Å²) >= 11 is 0. The number of ether oxygens (including phenoxy) is 1. The molecule has 2 N–H and O–H groups in total. The van der Waals surface area contributed by atoms with E-state index in [1.807, 2.05) is 0 Å². The van der Waals surface area contributed by atoms with Gasteiger partial charge < -0.3 is 15.2 Å². The Kier molecular flexibility index (Phi) is 4.56. The van der Waals surface area contributed by atoms with Crippen molar-refractivity contribution >= 4 is 11.8 Å². The second-order valence-electron chi connectivity index (χ2n) is 2.80. The molecular formula is C10H14N2O3. The highest BCUT2D eigenvalue weighted by atomic mass is 16.5. The third kappa shape index (κ3) is 3.55. The quantitative estimate of drug-likeness (QED) is 0.699. The van der Waals surface area contributed by atoms with Crippen molar-refractivity contribution in [2.45, 2.75) is 6.92 Å². The highest BCUT2D eigenvalue weighted by Crippen LogP contribution is 2.05. The van der Waals surface area contributed by atoms with Crippen LogP contribution >= 0.6 is 0 Å². The molecule has 5 nitrogen and oxygen atoms in total. The molecular weight excluding hydrogens is 196 g/mol. The molecule has 0 fully saturated rings. The van der Waals surface area contributed by atoms with Gasteiger partial charge in [-0.15, -0.1) is 0 Å². The van der Waals surface area contributed by atoms with Crippen LogP contribution in [0.15, 0.2) is 18.3 Å². The van der Waals surface area contributed by atoms with Gasteiger partial charge in [-0.3, -0.25) is 0 Å². The molecule has 15 heavy (non-hydrogen) atoms. The fourth-order valence-corrected chi connectivity index (χ4v) is 1.02. The van der Waals surface area contributed by atoms with Crippen molar-refractivity contribution in [3.63, 3.8) is 0 Å². The van der Waals surface area contributed by atoms with E-state index in [0.717, 1.165) is 0 Å². The zero-order valence-corrected chi connectivity index (χ0v) is 8.56. The Labute approximate surface area is 88.1 Å². The molecule has 0 radical (unpaired) electrons. The molecule has 1 heterocycles. The summed E-state index contributed by atoms with van der Waals surface area (Å²) in [5.74, 6) is 0.246.